The van der Waals surface area contributed by atoms with Gasteiger partial charge in [0.15, 0.2) is 0 Å². The van der Waals surface area contributed by atoms with Crippen molar-refractivity contribution < 1.29 is 17.6 Å². The van der Waals surface area contributed by atoms with Gasteiger partial charge in [-0.2, -0.15) is 4.31 Å². The molecule has 0 N–H and O–H groups in total. The molecule has 1 fully saturated rings. The molecule has 1 aliphatic heterocycles. The molecule has 0 spiro atoms. The smallest absolute Gasteiger partial charge is 0.238 e. The Kier molecular flexibility index (Phi) is 5.02. The first-order valence-corrected chi connectivity index (χ1v) is 8.65. The summed E-state index contributed by atoms with van der Waals surface area (Å²) in [6.07, 6.45) is 2.59. The van der Waals surface area contributed by atoms with Crippen LogP contribution in [0.1, 0.15) is 5.76 Å². The molecule has 0 unspecified atom stereocenters. The van der Waals surface area contributed by atoms with Gasteiger partial charge in [-0.1, -0.05) is 0 Å². The Bertz CT molecular complexity index is 562. The Labute approximate surface area is 125 Å². The van der Waals surface area contributed by atoms with Crippen molar-refractivity contribution in [2.45, 2.75) is 6.54 Å². The van der Waals surface area contributed by atoms with Gasteiger partial charge in [0, 0.05) is 26.2 Å². The van der Waals surface area contributed by atoms with Gasteiger partial charge in [-0.25, -0.2) is 8.42 Å². The normalized spacial score (nSPS) is 17.4. The number of hydrogen-bond donors (Lipinski definition) is 0. The molecule has 1 aromatic heterocycles. The molecular formula is C13H21N3O4S. The monoisotopic (exact) mass is 315 g/mol. The largest absolute Gasteiger partial charge is 0.468 e. The van der Waals surface area contributed by atoms with Gasteiger partial charge in [0.1, 0.15) is 5.76 Å². The minimum absolute atomic E-state index is 0.0747. The number of piperazine rings is 1. The second-order valence-electron chi connectivity index (χ2n) is 5.29. The number of likely N-dealkylation sites (N-methyl/N-ethyl adjacent to an activating group) is 1. The number of sulfonamides is 1. The average Bonchev–Trinajstić information content (AvgIpc) is 2.90. The highest BCUT2D eigenvalue weighted by Crippen LogP contribution is 2.10. The van der Waals surface area contributed by atoms with Crippen molar-refractivity contribution >= 4 is 15.9 Å². The van der Waals surface area contributed by atoms with E-state index in [0.717, 1.165) is 23.7 Å². The average molecular weight is 315 g/mol. The van der Waals surface area contributed by atoms with Crippen LogP contribution >= 0.6 is 0 Å². The third-order valence-corrected chi connectivity index (χ3v) is 4.75. The van der Waals surface area contributed by atoms with E-state index in [9.17, 15) is 13.2 Å². The van der Waals surface area contributed by atoms with Crippen LogP contribution in [0, 0.1) is 0 Å². The molecule has 1 amide bonds. The lowest BCUT2D eigenvalue weighted by atomic mass is 10.3. The number of carbonyl (C=O) groups excluding carboxylic acids is 1. The molecule has 1 saturated heterocycles. The first-order valence-electron chi connectivity index (χ1n) is 6.80. The van der Waals surface area contributed by atoms with Gasteiger partial charge in [-0.15, -0.1) is 0 Å². The summed E-state index contributed by atoms with van der Waals surface area (Å²) in [6, 6.07) is 3.39. The fraction of sp³-hybridized carbons (Fsp3) is 0.615. The Balaban J connectivity index is 2.00. The molecule has 21 heavy (non-hydrogen) atoms. The number of hydrogen-bond acceptors (Lipinski definition) is 5. The van der Waals surface area contributed by atoms with Crippen LogP contribution < -0.4 is 0 Å². The predicted molar refractivity (Wildman–Crippen MR) is 78.0 cm³/mol. The summed E-state index contributed by atoms with van der Waals surface area (Å²) >= 11 is 0. The number of carbonyl (C=O) groups is 1. The Morgan fingerprint density at radius 2 is 2.00 bits per heavy atom. The molecule has 0 saturated carbocycles. The lowest BCUT2D eigenvalue weighted by molar-refractivity contribution is -0.133. The molecular weight excluding hydrogens is 294 g/mol. The van der Waals surface area contributed by atoms with Gasteiger partial charge in [-0.05, 0) is 19.2 Å². The summed E-state index contributed by atoms with van der Waals surface area (Å²) < 4.78 is 30.0. The zero-order valence-electron chi connectivity index (χ0n) is 12.4. The van der Waals surface area contributed by atoms with Crippen LogP contribution in [0.5, 0.6) is 0 Å². The first kappa shape index (κ1) is 16.0. The Hall–Kier alpha value is -1.38. The summed E-state index contributed by atoms with van der Waals surface area (Å²) in [5.41, 5.74) is 0. The van der Waals surface area contributed by atoms with Gasteiger partial charge >= 0.3 is 0 Å². The van der Waals surface area contributed by atoms with E-state index < -0.39 is 10.0 Å². The van der Waals surface area contributed by atoms with Crippen molar-refractivity contribution in [2.75, 3.05) is 46.0 Å². The van der Waals surface area contributed by atoms with E-state index in [1.807, 2.05) is 7.05 Å². The molecule has 2 rings (SSSR count). The highest BCUT2D eigenvalue weighted by molar-refractivity contribution is 7.88. The predicted octanol–water partition coefficient (Wildman–Crippen LogP) is -0.185. The van der Waals surface area contributed by atoms with Crippen molar-refractivity contribution in [3.05, 3.63) is 24.2 Å². The fourth-order valence-corrected chi connectivity index (χ4v) is 2.88. The van der Waals surface area contributed by atoms with E-state index in [2.05, 4.69) is 4.90 Å². The molecule has 8 heteroatoms. The van der Waals surface area contributed by atoms with Crippen molar-refractivity contribution in [1.29, 1.82) is 0 Å². The Morgan fingerprint density at radius 1 is 1.33 bits per heavy atom. The highest BCUT2D eigenvalue weighted by atomic mass is 32.2. The third-order valence-electron chi connectivity index (χ3n) is 3.55. The van der Waals surface area contributed by atoms with E-state index in [0.29, 0.717) is 18.8 Å². The molecule has 2 heterocycles. The van der Waals surface area contributed by atoms with Crippen LogP contribution in [0.15, 0.2) is 22.8 Å². The molecule has 7 nitrogen and oxygen atoms in total. The molecule has 1 aromatic rings. The lowest BCUT2D eigenvalue weighted by Gasteiger charge is -2.33. The zero-order valence-corrected chi connectivity index (χ0v) is 13.2. The minimum Gasteiger partial charge on any atom is -0.468 e. The number of amides is 1. The topological polar surface area (TPSA) is 74.1 Å². The minimum atomic E-state index is -3.47. The maximum atomic E-state index is 12.3. The molecule has 1 aliphatic rings. The van der Waals surface area contributed by atoms with E-state index in [1.54, 1.807) is 17.0 Å². The summed E-state index contributed by atoms with van der Waals surface area (Å²) in [6.45, 7) is 2.81. The maximum absolute atomic E-state index is 12.3. The number of nitrogens with zero attached hydrogens (tertiary/aromatic N) is 3. The molecule has 118 valence electrons. The van der Waals surface area contributed by atoms with Gasteiger partial charge in [0.2, 0.25) is 15.9 Å². The van der Waals surface area contributed by atoms with E-state index >= 15 is 0 Å². The Morgan fingerprint density at radius 3 is 2.52 bits per heavy atom. The van der Waals surface area contributed by atoms with Crippen LogP contribution in [0.4, 0.5) is 0 Å². The quantitative estimate of drug-likeness (QED) is 0.753. The summed E-state index contributed by atoms with van der Waals surface area (Å²) in [4.78, 5) is 16.1. The van der Waals surface area contributed by atoms with Crippen LogP contribution in [0.2, 0.25) is 0 Å². The van der Waals surface area contributed by atoms with Gasteiger partial charge in [-0.3, -0.25) is 4.79 Å². The van der Waals surface area contributed by atoms with E-state index in [-0.39, 0.29) is 19.0 Å². The van der Waals surface area contributed by atoms with Gasteiger partial charge < -0.3 is 14.2 Å². The molecule has 0 radical (unpaired) electrons. The van der Waals surface area contributed by atoms with Gasteiger partial charge in [0.25, 0.3) is 0 Å². The summed E-state index contributed by atoms with van der Waals surface area (Å²) in [5.74, 6) is 0.353. The third kappa shape index (κ3) is 4.55. The van der Waals surface area contributed by atoms with Crippen molar-refractivity contribution in [3.63, 3.8) is 0 Å². The summed E-state index contributed by atoms with van der Waals surface area (Å²) in [5, 5.41) is 0. The van der Waals surface area contributed by atoms with E-state index in [1.165, 1.54) is 6.26 Å². The summed E-state index contributed by atoms with van der Waals surface area (Å²) in [7, 11) is -1.47. The van der Waals surface area contributed by atoms with Crippen LogP contribution in [0.25, 0.3) is 0 Å². The molecule has 0 aliphatic carbocycles. The second-order valence-corrected chi connectivity index (χ2v) is 7.28. The van der Waals surface area contributed by atoms with Crippen molar-refractivity contribution in [3.8, 4) is 0 Å². The number of rotatable bonds is 5. The SMILES string of the molecule is CN1CCN(C(=O)CN(Cc2ccco2)S(C)(=O)=O)CC1. The van der Waals surface area contributed by atoms with Crippen LogP contribution in [-0.4, -0.2) is 74.5 Å². The van der Waals surface area contributed by atoms with Crippen LogP contribution in [-0.2, 0) is 21.4 Å². The molecule has 0 aromatic carbocycles. The lowest BCUT2D eigenvalue weighted by Crippen LogP contribution is -2.50. The van der Waals surface area contributed by atoms with Crippen LogP contribution in [0.3, 0.4) is 0 Å². The maximum Gasteiger partial charge on any atom is 0.238 e. The highest BCUT2D eigenvalue weighted by Gasteiger charge is 2.26. The number of furan rings is 1. The van der Waals surface area contributed by atoms with Crippen molar-refractivity contribution in [2.24, 2.45) is 0 Å². The van der Waals surface area contributed by atoms with E-state index in [4.69, 9.17) is 4.42 Å². The first-order chi connectivity index (χ1) is 9.86. The standard InChI is InChI=1S/C13H21N3O4S/c1-14-5-7-15(8-6-14)13(17)11-16(21(2,18)19)10-12-4-3-9-20-12/h3-4,9H,5-8,10-11H2,1-2H3. The zero-order chi connectivity index (χ0) is 15.5. The second kappa shape index (κ2) is 6.59. The van der Waals surface area contributed by atoms with Crippen molar-refractivity contribution in [1.82, 2.24) is 14.1 Å². The molecule has 0 atom stereocenters. The molecule has 0 bridgehead atoms. The fourth-order valence-electron chi connectivity index (χ4n) is 2.17. The van der Waals surface area contributed by atoms with Gasteiger partial charge in [0.05, 0.1) is 25.6 Å².